The Morgan fingerprint density at radius 2 is 2.15 bits per heavy atom. The standard InChI is InChI=1S/C8H12O5/c1-8(2)12-6(4-10)7(13-8)5(11)3-9/h4-5,9,11H,3H2,1-2H3/t5-/m1/s1. The maximum absolute atomic E-state index is 10.5. The molecule has 2 N–H and O–H groups in total. The largest absolute Gasteiger partial charge is 0.450 e. The highest BCUT2D eigenvalue weighted by Crippen LogP contribution is 2.30. The average Bonchev–Trinajstić information content (AvgIpc) is 2.39. The van der Waals surface area contributed by atoms with E-state index < -0.39 is 18.5 Å². The van der Waals surface area contributed by atoms with E-state index in [0.29, 0.717) is 6.29 Å². The van der Waals surface area contributed by atoms with Gasteiger partial charge >= 0.3 is 0 Å². The SMILES string of the molecule is CC1(C)OC(C=O)=C([C@H](O)CO)O1. The normalized spacial score (nSPS) is 22.2. The van der Waals surface area contributed by atoms with E-state index in [1.807, 2.05) is 0 Å². The van der Waals surface area contributed by atoms with E-state index in [9.17, 15) is 9.90 Å². The number of aliphatic hydroxyl groups is 2. The van der Waals surface area contributed by atoms with E-state index in [0.717, 1.165) is 0 Å². The van der Waals surface area contributed by atoms with Gasteiger partial charge in [0.2, 0.25) is 11.5 Å². The predicted octanol–water partition coefficient (Wildman–Crippen LogP) is -0.467. The minimum absolute atomic E-state index is 0.0116. The zero-order valence-corrected chi connectivity index (χ0v) is 7.48. The third-order valence-corrected chi connectivity index (χ3v) is 1.54. The van der Waals surface area contributed by atoms with Gasteiger partial charge in [0, 0.05) is 13.8 Å². The van der Waals surface area contributed by atoms with Crippen molar-refractivity contribution in [3.05, 3.63) is 11.5 Å². The Kier molecular flexibility index (Phi) is 2.58. The van der Waals surface area contributed by atoms with Crippen molar-refractivity contribution in [2.24, 2.45) is 0 Å². The number of ether oxygens (including phenoxy) is 2. The maximum Gasteiger partial charge on any atom is 0.246 e. The molecule has 0 unspecified atom stereocenters. The molecule has 0 bridgehead atoms. The fourth-order valence-electron chi connectivity index (χ4n) is 1.05. The van der Waals surface area contributed by atoms with Gasteiger partial charge in [-0.3, -0.25) is 4.79 Å². The van der Waals surface area contributed by atoms with Crippen molar-refractivity contribution >= 4 is 6.29 Å². The summed E-state index contributed by atoms with van der Waals surface area (Å²) in [6, 6.07) is 0. The third-order valence-electron chi connectivity index (χ3n) is 1.54. The molecule has 1 atom stereocenters. The van der Waals surface area contributed by atoms with E-state index in [1.54, 1.807) is 13.8 Å². The molecule has 1 heterocycles. The molecule has 0 fully saturated rings. The van der Waals surface area contributed by atoms with E-state index in [2.05, 4.69) is 0 Å². The first kappa shape index (κ1) is 10.0. The van der Waals surface area contributed by atoms with Crippen molar-refractivity contribution in [2.45, 2.75) is 25.7 Å². The summed E-state index contributed by atoms with van der Waals surface area (Å²) in [6.07, 6.45) is -0.759. The zero-order chi connectivity index (χ0) is 10.1. The number of hydrogen-bond acceptors (Lipinski definition) is 5. The number of hydrogen-bond donors (Lipinski definition) is 2. The number of rotatable bonds is 3. The van der Waals surface area contributed by atoms with Crippen LogP contribution in [0.25, 0.3) is 0 Å². The molecule has 1 aliphatic rings. The lowest BCUT2D eigenvalue weighted by atomic mass is 10.3. The lowest BCUT2D eigenvalue weighted by molar-refractivity contribution is -0.137. The zero-order valence-electron chi connectivity index (χ0n) is 7.48. The summed E-state index contributed by atoms with van der Waals surface area (Å²) in [4.78, 5) is 10.5. The van der Waals surface area contributed by atoms with Crippen LogP contribution in [-0.4, -0.2) is 35.0 Å². The van der Waals surface area contributed by atoms with Crippen LogP contribution in [0.2, 0.25) is 0 Å². The second-order valence-electron chi connectivity index (χ2n) is 3.15. The molecular formula is C8H12O5. The van der Waals surface area contributed by atoms with Gasteiger partial charge < -0.3 is 19.7 Å². The summed E-state index contributed by atoms with van der Waals surface area (Å²) in [5.41, 5.74) is 0. The van der Waals surface area contributed by atoms with Crippen LogP contribution in [0.5, 0.6) is 0 Å². The first-order valence-electron chi connectivity index (χ1n) is 3.86. The molecule has 0 aliphatic carbocycles. The fraction of sp³-hybridized carbons (Fsp3) is 0.625. The summed E-state index contributed by atoms with van der Waals surface area (Å²) < 4.78 is 10.2. The molecule has 0 aromatic rings. The predicted molar refractivity (Wildman–Crippen MR) is 42.4 cm³/mol. The Hall–Kier alpha value is -1.07. The van der Waals surface area contributed by atoms with Crippen molar-refractivity contribution in [2.75, 3.05) is 6.61 Å². The molecule has 0 aromatic carbocycles. The number of aliphatic hydroxyl groups excluding tert-OH is 2. The summed E-state index contributed by atoms with van der Waals surface area (Å²) in [7, 11) is 0. The maximum atomic E-state index is 10.5. The molecule has 1 rings (SSSR count). The quantitative estimate of drug-likeness (QED) is 0.586. The summed E-state index contributed by atoms with van der Waals surface area (Å²) in [5.74, 6) is -1.03. The molecule has 0 saturated heterocycles. The first-order chi connectivity index (χ1) is 6.00. The van der Waals surface area contributed by atoms with Crippen molar-refractivity contribution < 1.29 is 24.5 Å². The highest BCUT2D eigenvalue weighted by Gasteiger charge is 2.36. The molecule has 0 radical (unpaired) electrons. The fourth-order valence-corrected chi connectivity index (χ4v) is 1.05. The summed E-state index contributed by atoms with van der Waals surface area (Å²) in [5, 5.41) is 17.9. The molecule has 0 amide bonds. The Balaban J connectivity index is 2.86. The molecule has 0 aromatic heterocycles. The van der Waals surface area contributed by atoms with Crippen LogP contribution in [-0.2, 0) is 14.3 Å². The van der Waals surface area contributed by atoms with Crippen LogP contribution in [0.1, 0.15) is 13.8 Å². The minimum Gasteiger partial charge on any atom is -0.450 e. The monoisotopic (exact) mass is 188 g/mol. The van der Waals surface area contributed by atoms with Gasteiger partial charge in [-0.2, -0.15) is 0 Å². The Morgan fingerprint density at radius 3 is 2.62 bits per heavy atom. The van der Waals surface area contributed by atoms with Crippen molar-refractivity contribution in [1.29, 1.82) is 0 Å². The summed E-state index contributed by atoms with van der Waals surface area (Å²) >= 11 is 0. The molecule has 13 heavy (non-hydrogen) atoms. The van der Waals surface area contributed by atoms with Gasteiger partial charge in [-0.15, -0.1) is 0 Å². The Morgan fingerprint density at radius 1 is 1.54 bits per heavy atom. The Labute approximate surface area is 75.6 Å². The number of allylic oxidation sites excluding steroid dienone is 1. The first-order valence-corrected chi connectivity index (χ1v) is 3.86. The molecule has 0 spiro atoms. The smallest absolute Gasteiger partial charge is 0.246 e. The van der Waals surface area contributed by atoms with Gasteiger partial charge in [0.15, 0.2) is 12.0 Å². The van der Waals surface area contributed by atoms with Crippen LogP contribution in [0.4, 0.5) is 0 Å². The van der Waals surface area contributed by atoms with Gasteiger partial charge in [-0.1, -0.05) is 0 Å². The topological polar surface area (TPSA) is 76.0 Å². The lowest BCUT2D eigenvalue weighted by Gasteiger charge is -2.19. The Bertz CT molecular complexity index is 243. The number of carbonyl (C=O) groups is 1. The minimum atomic E-state index is -1.21. The molecule has 5 heteroatoms. The highest BCUT2D eigenvalue weighted by atomic mass is 16.7. The third kappa shape index (κ3) is 1.99. The van der Waals surface area contributed by atoms with Gasteiger partial charge in [0.05, 0.1) is 6.61 Å². The van der Waals surface area contributed by atoms with Crippen LogP contribution in [0.3, 0.4) is 0 Å². The van der Waals surface area contributed by atoms with E-state index >= 15 is 0 Å². The molecule has 0 saturated carbocycles. The van der Waals surface area contributed by atoms with Gasteiger partial charge in [-0.05, 0) is 0 Å². The molecule has 5 nitrogen and oxygen atoms in total. The van der Waals surface area contributed by atoms with Gasteiger partial charge in [-0.25, -0.2) is 0 Å². The second-order valence-corrected chi connectivity index (χ2v) is 3.15. The van der Waals surface area contributed by atoms with E-state index in [4.69, 9.17) is 14.6 Å². The molecule has 1 aliphatic heterocycles. The molecule has 74 valence electrons. The van der Waals surface area contributed by atoms with E-state index in [-0.39, 0.29) is 11.5 Å². The second kappa shape index (κ2) is 3.35. The lowest BCUT2D eigenvalue weighted by Crippen LogP contribution is -2.24. The number of carbonyl (C=O) groups excluding carboxylic acids is 1. The average molecular weight is 188 g/mol. The van der Waals surface area contributed by atoms with Gasteiger partial charge in [0.1, 0.15) is 6.10 Å². The van der Waals surface area contributed by atoms with Crippen LogP contribution in [0, 0.1) is 0 Å². The highest BCUT2D eigenvalue weighted by molar-refractivity contribution is 5.72. The summed E-state index contributed by atoms with van der Waals surface area (Å²) in [6.45, 7) is 2.70. The van der Waals surface area contributed by atoms with Gasteiger partial charge in [0.25, 0.3) is 0 Å². The van der Waals surface area contributed by atoms with Crippen LogP contribution < -0.4 is 0 Å². The van der Waals surface area contributed by atoms with Crippen molar-refractivity contribution in [3.8, 4) is 0 Å². The van der Waals surface area contributed by atoms with E-state index in [1.165, 1.54) is 0 Å². The van der Waals surface area contributed by atoms with Crippen molar-refractivity contribution in [1.82, 2.24) is 0 Å². The molecular weight excluding hydrogens is 176 g/mol. The van der Waals surface area contributed by atoms with Crippen molar-refractivity contribution in [3.63, 3.8) is 0 Å². The number of aldehydes is 1. The van der Waals surface area contributed by atoms with Crippen LogP contribution >= 0.6 is 0 Å². The van der Waals surface area contributed by atoms with Crippen LogP contribution in [0.15, 0.2) is 11.5 Å².